The van der Waals surface area contributed by atoms with Gasteiger partial charge in [-0.2, -0.15) is 0 Å². The van der Waals surface area contributed by atoms with E-state index in [1.807, 2.05) is 23.5 Å². The highest BCUT2D eigenvalue weighted by Gasteiger charge is 2.13. The average Bonchev–Trinajstić information content (AvgIpc) is 3.35. The molecule has 2 aromatic carbocycles. The highest BCUT2D eigenvalue weighted by atomic mass is 32.1. The number of fused-ring (bicyclic) bond motifs is 5. The Kier molecular flexibility index (Phi) is 8.44. The summed E-state index contributed by atoms with van der Waals surface area (Å²) in [5, 5.41) is 5.43. The standard InChI is InChI=1S/C24H27NO5S2/c1-27-10-11-29-14-15-30-13-12-28-9-8-25-24(26)17-6-7-19-21(16-17)32-22-18-4-2-3-5-20(18)31-23(19)22/h2-7,16H,8-15H2,1H3,(H,25,26). The van der Waals surface area contributed by atoms with Gasteiger partial charge in [-0.05, 0) is 18.2 Å². The lowest BCUT2D eigenvalue weighted by molar-refractivity contribution is 0.00415. The summed E-state index contributed by atoms with van der Waals surface area (Å²) in [5.74, 6) is -0.0819. The third-order valence-corrected chi connectivity index (χ3v) is 7.48. The molecule has 8 heteroatoms. The van der Waals surface area contributed by atoms with E-state index in [2.05, 4.69) is 35.6 Å². The van der Waals surface area contributed by atoms with Crippen LogP contribution in [0.25, 0.3) is 29.6 Å². The predicted molar refractivity (Wildman–Crippen MR) is 131 cm³/mol. The number of carbonyl (C=O) groups is 1. The summed E-state index contributed by atoms with van der Waals surface area (Å²) in [5.41, 5.74) is 0.674. The molecular weight excluding hydrogens is 446 g/mol. The molecule has 4 rings (SSSR count). The van der Waals surface area contributed by atoms with E-state index < -0.39 is 0 Å². The van der Waals surface area contributed by atoms with Crippen molar-refractivity contribution in [3.63, 3.8) is 0 Å². The Morgan fingerprint density at radius 1 is 0.781 bits per heavy atom. The summed E-state index contributed by atoms with van der Waals surface area (Å²) in [7, 11) is 1.64. The molecule has 0 atom stereocenters. The fourth-order valence-corrected chi connectivity index (χ4v) is 6.06. The molecule has 1 amide bonds. The molecular formula is C24H27NO5S2. The third kappa shape index (κ3) is 5.64. The predicted octanol–water partition coefficient (Wildman–Crippen LogP) is 4.70. The number of amides is 1. The van der Waals surface area contributed by atoms with Gasteiger partial charge in [0, 0.05) is 39.4 Å². The van der Waals surface area contributed by atoms with Gasteiger partial charge in [-0.1, -0.05) is 24.3 Å². The summed E-state index contributed by atoms with van der Waals surface area (Å²) in [6, 6.07) is 14.4. The zero-order valence-corrected chi connectivity index (χ0v) is 19.7. The lowest BCUT2D eigenvalue weighted by Gasteiger charge is -2.08. The Hall–Kier alpha value is -2.07. The number of benzene rings is 2. The van der Waals surface area contributed by atoms with Crippen molar-refractivity contribution in [1.82, 2.24) is 5.32 Å². The first-order valence-corrected chi connectivity index (χ1v) is 12.3. The zero-order chi connectivity index (χ0) is 22.2. The van der Waals surface area contributed by atoms with Gasteiger partial charge in [0.1, 0.15) is 0 Å². The number of nitrogens with one attached hydrogen (secondary N) is 1. The molecule has 6 nitrogen and oxygen atoms in total. The van der Waals surface area contributed by atoms with E-state index >= 15 is 0 Å². The summed E-state index contributed by atoms with van der Waals surface area (Å²) in [6.07, 6.45) is 0. The molecule has 0 aliphatic carbocycles. The molecule has 0 spiro atoms. The van der Waals surface area contributed by atoms with Crippen LogP contribution in [0.1, 0.15) is 10.4 Å². The third-order valence-electron chi connectivity index (χ3n) is 4.96. The molecule has 170 valence electrons. The maximum atomic E-state index is 12.5. The lowest BCUT2D eigenvalue weighted by Crippen LogP contribution is -2.27. The van der Waals surface area contributed by atoms with Crippen molar-refractivity contribution < 1.29 is 23.7 Å². The largest absolute Gasteiger partial charge is 0.382 e. The first-order chi connectivity index (χ1) is 15.8. The second kappa shape index (κ2) is 11.7. The van der Waals surface area contributed by atoms with Crippen molar-refractivity contribution >= 4 is 58.2 Å². The van der Waals surface area contributed by atoms with Crippen LogP contribution in [0, 0.1) is 0 Å². The van der Waals surface area contributed by atoms with Crippen molar-refractivity contribution in [3.8, 4) is 0 Å². The molecule has 0 unspecified atom stereocenters. The van der Waals surface area contributed by atoms with Gasteiger partial charge in [0.05, 0.1) is 55.6 Å². The number of ether oxygens (including phenoxy) is 4. The molecule has 0 bridgehead atoms. The molecule has 2 heterocycles. The number of rotatable bonds is 13. The van der Waals surface area contributed by atoms with Crippen molar-refractivity contribution in [3.05, 3.63) is 48.0 Å². The van der Waals surface area contributed by atoms with Gasteiger partial charge in [-0.3, -0.25) is 4.79 Å². The average molecular weight is 474 g/mol. The molecule has 0 saturated heterocycles. The highest BCUT2D eigenvalue weighted by molar-refractivity contribution is 7.36. The summed E-state index contributed by atoms with van der Waals surface area (Å²) in [4.78, 5) is 12.5. The molecule has 0 radical (unpaired) electrons. The van der Waals surface area contributed by atoms with Crippen LogP contribution in [0.4, 0.5) is 0 Å². The van der Waals surface area contributed by atoms with E-state index in [-0.39, 0.29) is 5.91 Å². The van der Waals surface area contributed by atoms with Crippen LogP contribution in [0.15, 0.2) is 42.5 Å². The van der Waals surface area contributed by atoms with Gasteiger partial charge in [0.2, 0.25) is 0 Å². The number of hydrogen-bond acceptors (Lipinski definition) is 7. The summed E-state index contributed by atoms with van der Waals surface area (Å²) in [6.45, 7) is 4.13. The van der Waals surface area contributed by atoms with Gasteiger partial charge in [-0.15, -0.1) is 22.7 Å². The highest BCUT2D eigenvalue weighted by Crippen LogP contribution is 2.44. The second-order valence-electron chi connectivity index (χ2n) is 7.16. The van der Waals surface area contributed by atoms with Gasteiger partial charge in [0.15, 0.2) is 0 Å². The van der Waals surface area contributed by atoms with E-state index in [9.17, 15) is 4.79 Å². The minimum absolute atomic E-state index is 0.0819. The molecule has 32 heavy (non-hydrogen) atoms. The molecule has 0 fully saturated rings. The Morgan fingerprint density at radius 2 is 1.41 bits per heavy atom. The first kappa shape index (κ1) is 23.1. The van der Waals surface area contributed by atoms with Crippen molar-refractivity contribution in [2.24, 2.45) is 0 Å². The van der Waals surface area contributed by atoms with E-state index in [1.54, 1.807) is 18.4 Å². The van der Waals surface area contributed by atoms with Crippen molar-refractivity contribution in [2.45, 2.75) is 0 Å². The van der Waals surface area contributed by atoms with Gasteiger partial charge in [0.25, 0.3) is 5.91 Å². The number of carbonyl (C=O) groups excluding carboxylic acids is 1. The van der Waals surface area contributed by atoms with Crippen LogP contribution in [0.3, 0.4) is 0 Å². The van der Waals surface area contributed by atoms with E-state index in [0.29, 0.717) is 58.4 Å². The molecule has 0 saturated carbocycles. The van der Waals surface area contributed by atoms with E-state index in [0.717, 1.165) is 4.70 Å². The fourth-order valence-electron chi connectivity index (χ4n) is 3.37. The molecule has 0 aliphatic heterocycles. The maximum Gasteiger partial charge on any atom is 0.251 e. The smallest absolute Gasteiger partial charge is 0.251 e. The van der Waals surface area contributed by atoms with Crippen LogP contribution >= 0.6 is 22.7 Å². The number of hydrogen-bond donors (Lipinski definition) is 1. The normalized spacial score (nSPS) is 11.7. The van der Waals surface area contributed by atoms with Crippen LogP contribution in [-0.4, -0.2) is 65.8 Å². The lowest BCUT2D eigenvalue weighted by atomic mass is 10.1. The SMILES string of the molecule is COCCOCCOCCOCCNC(=O)c1ccc2c(c1)sc1c3ccccc3sc21. The van der Waals surface area contributed by atoms with Crippen LogP contribution in [0.5, 0.6) is 0 Å². The fraction of sp³-hybridized carbons (Fsp3) is 0.375. The van der Waals surface area contributed by atoms with Gasteiger partial charge >= 0.3 is 0 Å². The molecule has 0 aliphatic rings. The monoisotopic (exact) mass is 473 g/mol. The van der Waals surface area contributed by atoms with Gasteiger partial charge < -0.3 is 24.3 Å². The number of thiophene rings is 2. The van der Waals surface area contributed by atoms with E-state index in [1.165, 1.54) is 24.9 Å². The Bertz CT molecular complexity index is 1170. The van der Waals surface area contributed by atoms with E-state index in [4.69, 9.17) is 18.9 Å². The number of methoxy groups -OCH3 is 1. The maximum absolute atomic E-state index is 12.5. The minimum atomic E-state index is -0.0819. The van der Waals surface area contributed by atoms with Crippen molar-refractivity contribution in [1.29, 1.82) is 0 Å². The molecule has 2 aromatic heterocycles. The molecule has 1 N–H and O–H groups in total. The minimum Gasteiger partial charge on any atom is -0.382 e. The second-order valence-corrected chi connectivity index (χ2v) is 9.26. The quantitative estimate of drug-likeness (QED) is 0.285. The van der Waals surface area contributed by atoms with Crippen molar-refractivity contribution in [2.75, 3.05) is 59.9 Å². The zero-order valence-electron chi connectivity index (χ0n) is 18.1. The Morgan fingerprint density at radius 3 is 2.16 bits per heavy atom. The summed E-state index contributed by atoms with van der Waals surface area (Å²) >= 11 is 3.57. The van der Waals surface area contributed by atoms with Crippen LogP contribution in [0.2, 0.25) is 0 Å². The summed E-state index contributed by atoms with van der Waals surface area (Å²) < 4.78 is 26.2. The first-order valence-electron chi connectivity index (χ1n) is 10.6. The van der Waals surface area contributed by atoms with Gasteiger partial charge in [-0.25, -0.2) is 0 Å². The molecule has 4 aromatic rings. The Balaban J connectivity index is 1.19. The topological polar surface area (TPSA) is 66.0 Å². The van der Waals surface area contributed by atoms with Crippen LogP contribution in [-0.2, 0) is 18.9 Å². The van der Waals surface area contributed by atoms with Crippen LogP contribution < -0.4 is 5.32 Å². The Labute approximate surface area is 195 Å².